The van der Waals surface area contributed by atoms with E-state index in [4.69, 9.17) is 0 Å². The average Bonchev–Trinajstić information content (AvgIpc) is 3.35. The summed E-state index contributed by atoms with van der Waals surface area (Å²) < 4.78 is 1.99. The molecule has 3 heterocycles. The lowest BCUT2D eigenvalue weighted by Gasteiger charge is -2.39. The monoisotopic (exact) mass is 607 g/mol. The van der Waals surface area contributed by atoms with Crippen molar-refractivity contribution in [3.8, 4) is 0 Å². The average molecular weight is 608 g/mol. The molecule has 2 unspecified atom stereocenters. The fourth-order valence-corrected chi connectivity index (χ4v) is 6.43. The smallest absolute Gasteiger partial charge is 0.246 e. The minimum Gasteiger partial charge on any atom is -0.350 e. The molecular weight excluding hydrogens is 558 g/mol. The highest BCUT2D eigenvalue weighted by molar-refractivity contribution is 5.98. The van der Waals surface area contributed by atoms with Crippen LogP contribution in [0.2, 0.25) is 0 Å². The second-order valence-corrected chi connectivity index (χ2v) is 12.5. The van der Waals surface area contributed by atoms with E-state index in [1.165, 1.54) is 0 Å². The van der Waals surface area contributed by atoms with E-state index in [2.05, 4.69) is 16.0 Å². The van der Waals surface area contributed by atoms with E-state index in [9.17, 15) is 24.0 Å². The van der Waals surface area contributed by atoms with Gasteiger partial charge in [-0.25, -0.2) is 0 Å². The zero-order valence-corrected chi connectivity index (χ0v) is 26.7. The SMILES string of the molecule is CCC(=O)CCCCC[C@@H]1NC(=O)C2CCCCN2C(=O)[C@H](C(C)CC)NC(=O)[C@H](Cc2cn(C)c3ccccc23)NC1=O. The molecule has 0 bridgehead atoms. The van der Waals surface area contributed by atoms with E-state index < -0.39 is 36.0 Å². The Kier molecular flexibility index (Phi) is 11.6. The third-order valence-electron chi connectivity index (χ3n) is 9.38. The summed E-state index contributed by atoms with van der Waals surface area (Å²) in [6.07, 6.45) is 8.44. The molecule has 3 N–H and O–H groups in total. The summed E-state index contributed by atoms with van der Waals surface area (Å²) in [4.78, 5) is 68.9. The van der Waals surface area contributed by atoms with Crippen LogP contribution in [0.5, 0.6) is 0 Å². The molecule has 10 nitrogen and oxygen atoms in total. The van der Waals surface area contributed by atoms with Gasteiger partial charge in [-0.1, -0.05) is 58.2 Å². The maximum atomic E-state index is 14.0. The van der Waals surface area contributed by atoms with Crippen molar-refractivity contribution in [1.82, 2.24) is 25.4 Å². The van der Waals surface area contributed by atoms with E-state index in [1.807, 2.05) is 62.8 Å². The third kappa shape index (κ3) is 7.87. The number of nitrogens with one attached hydrogen (secondary N) is 3. The van der Waals surface area contributed by atoms with Crippen LogP contribution in [0.15, 0.2) is 30.5 Å². The fraction of sp³-hybridized carbons (Fsp3) is 0.618. The maximum absolute atomic E-state index is 14.0. The molecule has 2 fully saturated rings. The first kappa shape index (κ1) is 33.2. The van der Waals surface area contributed by atoms with E-state index >= 15 is 0 Å². The van der Waals surface area contributed by atoms with Crippen molar-refractivity contribution >= 4 is 40.3 Å². The number of amides is 4. The molecule has 0 radical (unpaired) electrons. The first-order chi connectivity index (χ1) is 21.1. The van der Waals surface area contributed by atoms with Crippen molar-refractivity contribution in [3.05, 3.63) is 36.0 Å². The number of carbonyl (C=O) groups excluding carboxylic acids is 5. The summed E-state index contributed by atoms with van der Waals surface area (Å²) in [6.45, 7) is 6.18. The Hall–Kier alpha value is -3.69. The van der Waals surface area contributed by atoms with E-state index in [-0.39, 0.29) is 29.9 Å². The summed E-state index contributed by atoms with van der Waals surface area (Å²) in [7, 11) is 1.94. The Balaban J connectivity index is 1.65. The molecule has 2 aliphatic heterocycles. The maximum Gasteiger partial charge on any atom is 0.246 e. The van der Waals surface area contributed by atoms with Crippen LogP contribution < -0.4 is 16.0 Å². The van der Waals surface area contributed by atoms with Crippen LogP contribution in [0.25, 0.3) is 10.9 Å². The predicted molar refractivity (Wildman–Crippen MR) is 170 cm³/mol. The number of nitrogens with zero attached hydrogens (tertiary/aromatic N) is 2. The lowest BCUT2D eigenvalue weighted by atomic mass is 9.93. The molecule has 0 spiro atoms. The number of unbranched alkanes of at least 4 members (excludes halogenated alkanes) is 2. The van der Waals surface area contributed by atoms with Gasteiger partial charge in [-0.15, -0.1) is 0 Å². The summed E-state index contributed by atoms with van der Waals surface area (Å²) in [5.41, 5.74) is 1.91. The number of aromatic nitrogens is 1. The molecule has 1 aromatic carbocycles. The topological polar surface area (TPSA) is 130 Å². The quantitative estimate of drug-likeness (QED) is 0.337. The highest BCUT2D eigenvalue weighted by Crippen LogP contribution is 2.24. The van der Waals surface area contributed by atoms with Crippen LogP contribution in [0.4, 0.5) is 0 Å². The van der Waals surface area contributed by atoms with Gasteiger partial charge in [0.1, 0.15) is 30.0 Å². The molecule has 5 atom stereocenters. The summed E-state index contributed by atoms with van der Waals surface area (Å²) in [5, 5.41) is 9.91. The van der Waals surface area contributed by atoms with E-state index in [0.29, 0.717) is 45.1 Å². The van der Waals surface area contributed by atoms with Crippen LogP contribution in [0.1, 0.15) is 90.5 Å². The number of benzene rings is 1. The highest BCUT2D eigenvalue weighted by Gasteiger charge is 2.40. The van der Waals surface area contributed by atoms with Crippen molar-refractivity contribution < 1.29 is 24.0 Å². The van der Waals surface area contributed by atoms with Gasteiger partial charge in [0.2, 0.25) is 23.6 Å². The van der Waals surface area contributed by atoms with E-state index in [1.54, 1.807) is 4.90 Å². The lowest BCUT2D eigenvalue weighted by molar-refractivity contribution is -0.147. The third-order valence-corrected chi connectivity index (χ3v) is 9.38. The first-order valence-electron chi connectivity index (χ1n) is 16.4. The Labute approximate surface area is 260 Å². The number of hydrogen-bond donors (Lipinski definition) is 3. The van der Waals surface area contributed by atoms with Crippen LogP contribution in [0.3, 0.4) is 0 Å². The van der Waals surface area contributed by atoms with Gasteiger partial charge in [-0.05, 0) is 49.7 Å². The molecule has 2 aromatic rings. The molecular formula is C34H49N5O5. The van der Waals surface area contributed by atoms with Crippen LogP contribution in [-0.4, -0.2) is 69.6 Å². The number of hydrogen-bond acceptors (Lipinski definition) is 5. The van der Waals surface area contributed by atoms with Crippen molar-refractivity contribution in [3.63, 3.8) is 0 Å². The lowest BCUT2D eigenvalue weighted by Crippen LogP contribution is -2.64. The second kappa shape index (κ2) is 15.3. The molecule has 0 saturated carbocycles. The molecule has 2 aliphatic rings. The normalized spacial score (nSPS) is 24.0. The second-order valence-electron chi connectivity index (χ2n) is 12.5. The van der Waals surface area contributed by atoms with Gasteiger partial charge in [0.15, 0.2) is 0 Å². The largest absolute Gasteiger partial charge is 0.350 e. The minimum atomic E-state index is -0.953. The van der Waals surface area contributed by atoms with Gasteiger partial charge in [0, 0.05) is 50.0 Å². The molecule has 1 aromatic heterocycles. The summed E-state index contributed by atoms with van der Waals surface area (Å²) >= 11 is 0. The molecule has 10 heteroatoms. The number of para-hydroxylation sites is 1. The number of ketones is 1. The number of Topliss-reactive ketones (excluding diaryl/α,β-unsaturated/α-hetero) is 1. The molecule has 44 heavy (non-hydrogen) atoms. The zero-order chi connectivity index (χ0) is 31.8. The van der Waals surface area contributed by atoms with Crippen LogP contribution in [-0.2, 0) is 37.4 Å². The summed E-state index contributed by atoms with van der Waals surface area (Å²) in [6, 6.07) is 4.58. The van der Waals surface area contributed by atoms with Gasteiger partial charge in [-0.2, -0.15) is 0 Å². The Bertz CT molecular complexity index is 1350. The fourth-order valence-electron chi connectivity index (χ4n) is 6.43. The van der Waals surface area contributed by atoms with Gasteiger partial charge >= 0.3 is 0 Å². The van der Waals surface area contributed by atoms with Crippen molar-refractivity contribution in [1.29, 1.82) is 0 Å². The predicted octanol–water partition coefficient (Wildman–Crippen LogP) is 3.55. The number of carbonyl (C=O) groups is 5. The van der Waals surface area contributed by atoms with Crippen LogP contribution >= 0.6 is 0 Å². The number of fused-ring (bicyclic) bond motifs is 2. The highest BCUT2D eigenvalue weighted by atomic mass is 16.2. The van der Waals surface area contributed by atoms with Crippen molar-refractivity contribution in [2.24, 2.45) is 13.0 Å². The van der Waals surface area contributed by atoms with Crippen LogP contribution in [0, 0.1) is 5.92 Å². The first-order valence-corrected chi connectivity index (χ1v) is 16.4. The molecule has 240 valence electrons. The van der Waals surface area contributed by atoms with Crippen molar-refractivity contribution in [2.45, 2.75) is 116 Å². The van der Waals surface area contributed by atoms with Gasteiger partial charge in [-0.3, -0.25) is 24.0 Å². The number of aryl methyl sites for hydroxylation is 1. The standard InChI is InChI=1S/C34H49N5O5/c1-5-22(3)30-34(44)39-19-13-12-18-29(39)33(43)35-26(16-9-7-8-14-24(40)6-2)31(41)36-27(32(42)37-30)20-23-21-38(4)28-17-11-10-15-25(23)28/h10-11,15,17,21-22,26-27,29-30H,5-9,12-14,16,18-20H2,1-4H3,(H,35,43)(H,36,41)(H,37,42)/t22?,26-,27-,29?,30-/m0/s1. The zero-order valence-electron chi connectivity index (χ0n) is 26.7. The number of piperidine rings is 1. The Morgan fingerprint density at radius 2 is 1.66 bits per heavy atom. The molecule has 4 rings (SSSR count). The summed E-state index contributed by atoms with van der Waals surface area (Å²) in [5.74, 6) is -1.37. The molecule has 4 amide bonds. The Morgan fingerprint density at radius 1 is 0.932 bits per heavy atom. The Morgan fingerprint density at radius 3 is 2.41 bits per heavy atom. The van der Waals surface area contributed by atoms with Gasteiger partial charge in [0.25, 0.3) is 0 Å². The number of rotatable bonds is 11. The minimum absolute atomic E-state index is 0.165. The molecule has 0 aliphatic carbocycles. The van der Waals surface area contributed by atoms with Crippen molar-refractivity contribution in [2.75, 3.05) is 6.54 Å². The van der Waals surface area contributed by atoms with Gasteiger partial charge < -0.3 is 25.4 Å². The van der Waals surface area contributed by atoms with E-state index in [0.717, 1.165) is 42.1 Å². The molecule has 2 saturated heterocycles. The van der Waals surface area contributed by atoms with Gasteiger partial charge in [0.05, 0.1) is 0 Å².